The topological polar surface area (TPSA) is 115 Å². The molecule has 1 fully saturated rings. The fraction of sp³-hybridized carbons (Fsp3) is 0.300. The summed E-state index contributed by atoms with van der Waals surface area (Å²) in [4.78, 5) is 31.1. The average molecular weight is 405 g/mol. The number of ether oxygens (including phenoxy) is 1. The van der Waals surface area contributed by atoms with Gasteiger partial charge in [0.2, 0.25) is 11.7 Å². The number of aryl methyl sites for hydroxylation is 1. The molecule has 10 nitrogen and oxygen atoms in total. The van der Waals surface area contributed by atoms with Gasteiger partial charge in [-0.15, -0.1) is 10.2 Å². The van der Waals surface area contributed by atoms with E-state index in [-0.39, 0.29) is 24.1 Å². The van der Waals surface area contributed by atoms with Gasteiger partial charge in [-0.1, -0.05) is 12.1 Å². The molecule has 0 bridgehead atoms. The van der Waals surface area contributed by atoms with Crippen LogP contribution in [0.1, 0.15) is 12.5 Å². The van der Waals surface area contributed by atoms with E-state index in [1.165, 1.54) is 11.7 Å². The molecule has 10 heteroatoms. The number of tetrazole rings is 1. The van der Waals surface area contributed by atoms with Gasteiger partial charge in [-0.3, -0.25) is 14.7 Å². The van der Waals surface area contributed by atoms with Gasteiger partial charge in [0.15, 0.2) is 0 Å². The first-order chi connectivity index (χ1) is 14.5. The number of hydrogen-bond acceptors (Lipinski definition) is 7. The minimum absolute atomic E-state index is 0.113. The molecule has 152 valence electrons. The second-order valence-electron chi connectivity index (χ2n) is 7.38. The third-order valence-electron chi connectivity index (χ3n) is 5.36. The number of carbonyl (C=O) groups excluding carboxylic acids is 2. The van der Waals surface area contributed by atoms with E-state index >= 15 is 0 Å². The molecule has 2 aromatic heterocycles. The Labute approximate surface area is 171 Å². The maximum absolute atomic E-state index is 12.4. The van der Waals surface area contributed by atoms with Crippen LogP contribution in [0.25, 0.3) is 22.6 Å². The molecule has 4 heterocycles. The van der Waals surface area contributed by atoms with Crippen molar-refractivity contribution in [3.63, 3.8) is 0 Å². The largest absolute Gasteiger partial charge is 0.442 e. The number of cyclic esters (lactones) is 1. The third kappa shape index (κ3) is 3.06. The van der Waals surface area contributed by atoms with Crippen molar-refractivity contribution in [2.45, 2.75) is 25.5 Å². The number of nitrogens with zero attached hydrogens (tertiary/aromatic N) is 6. The molecule has 1 unspecified atom stereocenters. The zero-order valence-corrected chi connectivity index (χ0v) is 16.4. The predicted molar refractivity (Wildman–Crippen MR) is 106 cm³/mol. The summed E-state index contributed by atoms with van der Waals surface area (Å²) in [6.45, 7) is 1.76. The SMILES string of the molecule is CC(=O)NC[C@@H]1OC(=O)N2c3ccc(-c4ccc(-c5nnn(C)n5)nc4)cc3CC12. The number of hydrogen-bond donors (Lipinski definition) is 1. The highest BCUT2D eigenvalue weighted by atomic mass is 16.6. The molecule has 2 aliphatic heterocycles. The number of carbonyl (C=O) groups is 2. The zero-order chi connectivity index (χ0) is 20.8. The molecule has 0 aliphatic carbocycles. The van der Waals surface area contributed by atoms with Gasteiger partial charge in [0, 0.05) is 18.7 Å². The second-order valence-corrected chi connectivity index (χ2v) is 7.38. The minimum Gasteiger partial charge on any atom is -0.442 e. The van der Waals surface area contributed by atoms with Crippen LogP contribution in [0.15, 0.2) is 36.5 Å². The average Bonchev–Trinajstić information content (AvgIpc) is 3.41. The first kappa shape index (κ1) is 18.2. The number of rotatable bonds is 4. The molecule has 5 rings (SSSR count). The summed E-state index contributed by atoms with van der Waals surface area (Å²) in [5.74, 6) is 0.331. The van der Waals surface area contributed by atoms with E-state index in [9.17, 15) is 9.59 Å². The molecule has 1 N–H and O–H groups in total. The number of anilines is 1. The van der Waals surface area contributed by atoms with E-state index in [1.54, 1.807) is 18.1 Å². The zero-order valence-electron chi connectivity index (χ0n) is 16.4. The number of pyridine rings is 1. The van der Waals surface area contributed by atoms with Crippen LogP contribution >= 0.6 is 0 Å². The Morgan fingerprint density at radius 3 is 2.80 bits per heavy atom. The lowest BCUT2D eigenvalue weighted by atomic mass is 10.0. The van der Waals surface area contributed by atoms with Crippen molar-refractivity contribution in [2.24, 2.45) is 7.05 Å². The van der Waals surface area contributed by atoms with Gasteiger partial charge in [-0.2, -0.15) is 4.80 Å². The van der Waals surface area contributed by atoms with E-state index in [0.29, 0.717) is 24.5 Å². The van der Waals surface area contributed by atoms with E-state index < -0.39 is 0 Å². The van der Waals surface area contributed by atoms with Crippen molar-refractivity contribution < 1.29 is 14.3 Å². The molecule has 2 atom stereocenters. The number of fused-ring (bicyclic) bond motifs is 3. The van der Waals surface area contributed by atoms with Crippen molar-refractivity contribution in [3.05, 3.63) is 42.1 Å². The monoisotopic (exact) mass is 405 g/mol. The van der Waals surface area contributed by atoms with E-state index in [0.717, 1.165) is 22.4 Å². The fourth-order valence-electron chi connectivity index (χ4n) is 3.96. The molecular weight excluding hydrogens is 386 g/mol. The molecule has 2 aliphatic rings. The Kier molecular flexibility index (Phi) is 4.19. The Morgan fingerprint density at radius 1 is 1.27 bits per heavy atom. The summed E-state index contributed by atoms with van der Waals surface area (Å²) < 4.78 is 5.45. The van der Waals surface area contributed by atoms with Crippen LogP contribution in [0.4, 0.5) is 10.5 Å². The summed E-state index contributed by atoms with van der Waals surface area (Å²) in [6.07, 6.45) is 1.72. The van der Waals surface area contributed by atoms with Crippen molar-refractivity contribution in [3.8, 4) is 22.6 Å². The summed E-state index contributed by atoms with van der Waals surface area (Å²) in [5, 5.41) is 14.7. The maximum atomic E-state index is 12.4. The lowest BCUT2D eigenvalue weighted by Crippen LogP contribution is -2.40. The van der Waals surface area contributed by atoms with Crippen molar-refractivity contribution in [1.29, 1.82) is 0 Å². The van der Waals surface area contributed by atoms with Crippen LogP contribution in [-0.2, 0) is 23.0 Å². The number of amides is 2. The smallest absolute Gasteiger partial charge is 0.415 e. The van der Waals surface area contributed by atoms with Crippen molar-refractivity contribution in [1.82, 2.24) is 30.5 Å². The van der Waals surface area contributed by atoms with Gasteiger partial charge in [-0.25, -0.2) is 4.79 Å². The molecule has 1 aromatic carbocycles. The molecule has 2 amide bonds. The van der Waals surface area contributed by atoms with Gasteiger partial charge in [0.1, 0.15) is 11.8 Å². The van der Waals surface area contributed by atoms with Crippen LogP contribution in [0, 0.1) is 0 Å². The highest BCUT2D eigenvalue weighted by molar-refractivity contribution is 5.94. The first-order valence-corrected chi connectivity index (χ1v) is 9.57. The van der Waals surface area contributed by atoms with Gasteiger partial charge >= 0.3 is 6.09 Å². The highest BCUT2D eigenvalue weighted by Gasteiger charge is 2.47. The molecule has 0 radical (unpaired) electrons. The van der Waals surface area contributed by atoms with E-state index in [2.05, 4.69) is 31.8 Å². The molecule has 0 saturated carbocycles. The van der Waals surface area contributed by atoms with Crippen LogP contribution in [-0.4, -0.2) is 55.9 Å². The second kappa shape index (κ2) is 6.90. The van der Waals surface area contributed by atoms with Crippen LogP contribution in [0.5, 0.6) is 0 Å². The van der Waals surface area contributed by atoms with Gasteiger partial charge in [0.25, 0.3) is 0 Å². The normalized spacial score (nSPS) is 19.4. The highest BCUT2D eigenvalue weighted by Crippen LogP contribution is 2.40. The lowest BCUT2D eigenvalue weighted by Gasteiger charge is -2.16. The standard InChI is InChI=1S/C20H19N7O3/c1-11(28)21-10-18-17-8-14-7-12(4-6-16(14)27(17)20(29)30-18)13-3-5-15(22-9-13)19-23-25-26(2)24-19/h3-7,9,17-18H,8,10H2,1-2H3,(H,21,28)/t17?,18-/m0/s1. The summed E-state index contributed by atoms with van der Waals surface area (Å²) in [7, 11) is 1.71. The summed E-state index contributed by atoms with van der Waals surface area (Å²) >= 11 is 0. The molecule has 1 saturated heterocycles. The summed E-state index contributed by atoms with van der Waals surface area (Å²) in [6, 6.07) is 9.69. The van der Waals surface area contributed by atoms with Gasteiger partial charge < -0.3 is 10.1 Å². The molecule has 0 spiro atoms. The van der Waals surface area contributed by atoms with E-state index in [1.807, 2.05) is 24.3 Å². The predicted octanol–water partition coefficient (Wildman–Crippen LogP) is 1.33. The number of benzene rings is 1. The lowest BCUT2D eigenvalue weighted by molar-refractivity contribution is -0.119. The fourth-order valence-corrected chi connectivity index (χ4v) is 3.96. The van der Waals surface area contributed by atoms with Crippen LogP contribution < -0.4 is 10.2 Å². The maximum Gasteiger partial charge on any atom is 0.415 e. The van der Waals surface area contributed by atoms with Crippen molar-refractivity contribution >= 4 is 17.7 Å². The minimum atomic E-state index is -0.371. The molecule has 30 heavy (non-hydrogen) atoms. The van der Waals surface area contributed by atoms with Gasteiger partial charge in [-0.05, 0) is 41.0 Å². The van der Waals surface area contributed by atoms with E-state index in [4.69, 9.17) is 4.74 Å². The Balaban J connectivity index is 1.39. The number of nitrogens with one attached hydrogen (secondary N) is 1. The van der Waals surface area contributed by atoms with Crippen LogP contribution in [0.2, 0.25) is 0 Å². The molecular formula is C20H19N7O3. The third-order valence-corrected chi connectivity index (χ3v) is 5.36. The van der Waals surface area contributed by atoms with Gasteiger partial charge in [0.05, 0.1) is 25.3 Å². The molecule has 3 aromatic rings. The van der Waals surface area contributed by atoms with Crippen LogP contribution in [0.3, 0.4) is 0 Å². The Hall–Kier alpha value is -3.82. The summed E-state index contributed by atoms with van der Waals surface area (Å²) in [5.41, 5.74) is 4.54. The Morgan fingerprint density at radius 2 is 2.10 bits per heavy atom. The first-order valence-electron chi connectivity index (χ1n) is 9.57. The number of aromatic nitrogens is 5. The van der Waals surface area contributed by atoms with Crippen molar-refractivity contribution in [2.75, 3.05) is 11.4 Å². The Bertz CT molecular complexity index is 1140. The quantitative estimate of drug-likeness (QED) is 0.696.